The minimum atomic E-state index is -0.337. The second-order valence-electron chi connectivity index (χ2n) is 4.72. The lowest BCUT2D eigenvalue weighted by Gasteiger charge is -2.08. The highest BCUT2D eigenvalue weighted by Crippen LogP contribution is 2.21. The molecular formula is C16H15Cl2FN2O. The summed E-state index contributed by atoms with van der Waals surface area (Å²) in [7, 11) is 0. The fourth-order valence-electron chi connectivity index (χ4n) is 1.89. The van der Waals surface area contributed by atoms with Crippen molar-refractivity contribution >= 4 is 34.8 Å². The zero-order chi connectivity index (χ0) is 15.9. The summed E-state index contributed by atoms with van der Waals surface area (Å²) in [5.74, 6) is -0.523. The molecule has 0 bridgehead atoms. The number of rotatable bonds is 6. The second kappa shape index (κ2) is 8.13. The Kier molecular flexibility index (Phi) is 6.19. The van der Waals surface area contributed by atoms with Crippen molar-refractivity contribution in [3.63, 3.8) is 0 Å². The van der Waals surface area contributed by atoms with Gasteiger partial charge in [0.25, 0.3) is 0 Å². The highest BCUT2D eigenvalue weighted by molar-refractivity contribution is 6.35. The normalized spacial score (nSPS) is 10.5. The monoisotopic (exact) mass is 340 g/mol. The molecule has 0 radical (unpaired) electrons. The average Bonchev–Trinajstić information content (AvgIpc) is 2.48. The van der Waals surface area contributed by atoms with Gasteiger partial charge in [-0.1, -0.05) is 29.3 Å². The number of nitrogens with one attached hydrogen (secondary N) is 2. The molecular weight excluding hydrogens is 326 g/mol. The maximum Gasteiger partial charge on any atom is 0.238 e. The zero-order valence-electron chi connectivity index (χ0n) is 11.7. The molecule has 2 rings (SSSR count). The third-order valence-electron chi connectivity index (χ3n) is 3.00. The lowest BCUT2D eigenvalue weighted by Crippen LogP contribution is -2.29. The van der Waals surface area contributed by atoms with Gasteiger partial charge in [-0.05, 0) is 54.9 Å². The molecule has 0 heterocycles. The van der Waals surface area contributed by atoms with E-state index in [1.807, 2.05) is 6.07 Å². The molecule has 0 aromatic heterocycles. The Hall–Kier alpha value is -1.62. The number of carbonyl (C=O) groups is 1. The third-order valence-corrected chi connectivity index (χ3v) is 3.59. The third kappa shape index (κ3) is 5.30. The Morgan fingerprint density at radius 3 is 2.50 bits per heavy atom. The molecule has 116 valence electrons. The largest absolute Gasteiger partial charge is 0.325 e. The van der Waals surface area contributed by atoms with Crippen LogP contribution in [-0.2, 0) is 11.2 Å². The molecule has 2 aromatic carbocycles. The predicted octanol–water partition coefficient (Wildman–Crippen LogP) is 3.90. The quantitative estimate of drug-likeness (QED) is 0.783. The van der Waals surface area contributed by atoms with Gasteiger partial charge in [-0.25, -0.2) is 4.39 Å². The molecule has 6 heteroatoms. The van der Waals surface area contributed by atoms with Crippen LogP contribution in [0.25, 0.3) is 0 Å². The van der Waals surface area contributed by atoms with Gasteiger partial charge in [0.1, 0.15) is 5.82 Å². The Morgan fingerprint density at radius 1 is 1.09 bits per heavy atom. The van der Waals surface area contributed by atoms with Crippen LogP contribution in [0.5, 0.6) is 0 Å². The summed E-state index contributed by atoms with van der Waals surface area (Å²) in [5.41, 5.74) is 1.53. The van der Waals surface area contributed by atoms with Crippen molar-refractivity contribution in [2.24, 2.45) is 0 Å². The van der Waals surface area contributed by atoms with E-state index >= 15 is 0 Å². The van der Waals surface area contributed by atoms with E-state index in [2.05, 4.69) is 10.6 Å². The van der Waals surface area contributed by atoms with E-state index in [1.54, 1.807) is 12.1 Å². The van der Waals surface area contributed by atoms with Gasteiger partial charge in [-0.15, -0.1) is 0 Å². The summed E-state index contributed by atoms with van der Waals surface area (Å²) < 4.78 is 12.7. The zero-order valence-corrected chi connectivity index (χ0v) is 13.2. The van der Waals surface area contributed by atoms with Crippen LogP contribution in [-0.4, -0.2) is 19.0 Å². The van der Waals surface area contributed by atoms with Crippen LogP contribution in [0.4, 0.5) is 10.1 Å². The van der Waals surface area contributed by atoms with Gasteiger partial charge in [0, 0.05) is 15.7 Å². The molecule has 2 N–H and O–H groups in total. The van der Waals surface area contributed by atoms with Crippen molar-refractivity contribution in [3.8, 4) is 0 Å². The molecule has 22 heavy (non-hydrogen) atoms. The number of carbonyl (C=O) groups excluding carboxylic acids is 1. The van der Waals surface area contributed by atoms with Crippen LogP contribution in [0.15, 0.2) is 42.5 Å². The molecule has 2 aromatic rings. The smallest absolute Gasteiger partial charge is 0.238 e. The number of benzene rings is 2. The Morgan fingerprint density at radius 2 is 1.82 bits per heavy atom. The average molecular weight is 341 g/mol. The number of halogens is 3. The minimum absolute atomic E-state index is 0.169. The number of hydrogen-bond donors (Lipinski definition) is 2. The molecule has 0 unspecified atom stereocenters. The Bertz CT molecular complexity index is 647. The summed E-state index contributed by atoms with van der Waals surface area (Å²) >= 11 is 11.9. The molecule has 0 fully saturated rings. The van der Waals surface area contributed by atoms with Gasteiger partial charge < -0.3 is 10.6 Å². The fraction of sp³-hybridized carbons (Fsp3) is 0.188. The van der Waals surface area contributed by atoms with Gasteiger partial charge in [0.15, 0.2) is 0 Å². The first-order valence-electron chi connectivity index (χ1n) is 6.74. The highest BCUT2D eigenvalue weighted by Gasteiger charge is 2.04. The SMILES string of the molecule is O=C(CNCCc1ccc(Cl)cc1Cl)Nc1ccc(F)cc1. The second-order valence-corrected chi connectivity index (χ2v) is 5.56. The summed E-state index contributed by atoms with van der Waals surface area (Å²) in [5, 5.41) is 6.92. The van der Waals surface area contributed by atoms with Crippen molar-refractivity contribution in [3.05, 3.63) is 63.9 Å². The fourth-order valence-corrected chi connectivity index (χ4v) is 2.39. The number of hydrogen-bond acceptors (Lipinski definition) is 2. The van der Waals surface area contributed by atoms with Gasteiger partial charge in [0.2, 0.25) is 5.91 Å². The molecule has 0 saturated carbocycles. The van der Waals surface area contributed by atoms with Crippen LogP contribution in [0.3, 0.4) is 0 Å². The van der Waals surface area contributed by atoms with E-state index in [9.17, 15) is 9.18 Å². The highest BCUT2D eigenvalue weighted by atomic mass is 35.5. The van der Waals surface area contributed by atoms with Crippen LogP contribution in [0, 0.1) is 5.82 Å². The molecule has 3 nitrogen and oxygen atoms in total. The maximum absolute atomic E-state index is 12.7. The van der Waals surface area contributed by atoms with Crippen LogP contribution in [0.2, 0.25) is 10.0 Å². The summed E-state index contributed by atoms with van der Waals surface area (Å²) in [6.07, 6.45) is 0.694. The first-order chi connectivity index (χ1) is 10.5. The first kappa shape index (κ1) is 16.7. The predicted molar refractivity (Wildman–Crippen MR) is 88.1 cm³/mol. The summed E-state index contributed by atoms with van der Waals surface area (Å²) in [6, 6.07) is 11.0. The van der Waals surface area contributed by atoms with Crippen molar-refractivity contribution in [1.29, 1.82) is 0 Å². The lowest BCUT2D eigenvalue weighted by molar-refractivity contribution is -0.115. The number of amides is 1. The van der Waals surface area contributed by atoms with Crippen LogP contribution >= 0.6 is 23.2 Å². The molecule has 0 atom stereocenters. The molecule has 0 aliphatic carbocycles. The molecule has 0 aliphatic heterocycles. The molecule has 1 amide bonds. The summed E-state index contributed by atoms with van der Waals surface area (Å²) in [4.78, 5) is 11.7. The van der Waals surface area contributed by atoms with E-state index < -0.39 is 0 Å². The van der Waals surface area contributed by atoms with E-state index in [4.69, 9.17) is 23.2 Å². The van der Waals surface area contributed by atoms with Crippen molar-refractivity contribution in [2.75, 3.05) is 18.4 Å². The van der Waals surface area contributed by atoms with Crippen LogP contribution in [0.1, 0.15) is 5.56 Å². The lowest BCUT2D eigenvalue weighted by atomic mass is 10.1. The molecule has 0 spiro atoms. The van der Waals surface area contributed by atoms with E-state index in [1.165, 1.54) is 24.3 Å². The minimum Gasteiger partial charge on any atom is -0.325 e. The van der Waals surface area contributed by atoms with Crippen molar-refractivity contribution < 1.29 is 9.18 Å². The van der Waals surface area contributed by atoms with Gasteiger partial charge in [0.05, 0.1) is 6.54 Å². The van der Waals surface area contributed by atoms with E-state index in [0.717, 1.165) is 5.56 Å². The topological polar surface area (TPSA) is 41.1 Å². The Labute approximate surface area is 138 Å². The number of anilines is 1. The summed E-state index contributed by atoms with van der Waals surface area (Å²) in [6.45, 7) is 0.779. The van der Waals surface area contributed by atoms with Gasteiger partial charge in [-0.2, -0.15) is 0 Å². The van der Waals surface area contributed by atoms with Crippen LogP contribution < -0.4 is 10.6 Å². The van der Waals surface area contributed by atoms with E-state index in [-0.39, 0.29) is 18.3 Å². The van der Waals surface area contributed by atoms with Crippen molar-refractivity contribution in [1.82, 2.24) is 5.32 Å². The molecule has 0 aliphatic rings. The van der Waals surface area contributed by atoms with Crippen molar-refractivity contribution in [2.45, 2.75) is 6.42 Å². The van der Waals surface area contributed by atoms with Gasteiger partial charge >= 0.3 is 0 Å². The first-order valence-corrected chi connectivity index (χ1v) is 7.50. The van der Waals surface area contributed by atoms with E-state index in [0.29, 0.717) is 28.7 Å². The maximum atomic E-state index is 12.7. The van der Waals surface area contributed by atoms with Gasteiger partial charge in [-0.3, -0.25) is 4.79 Å². The Balaban J connectivity index is 1.72. The molecule has 0 saturated heterocycles. The standard InChI is InChI=1S/C16H15Cl2FN2O/c17-12-2-1-11(15(18)9-12)7-8-20-10-16(22)21-14-5-3-13(19)4-6-14/h1-6,9,20H,7-8,10H2,(H,21,22).